The number of amides is 1. The molecule has 3 heteroatoms. The standard InChI is InChI=1S/C13H19NOS/c1-9-5-6-10(13(2,3)4)7-11(9)16-8-12(14)15/h5-7H,8H2,1-4H3,(H2,14,15). The van der Waals surface area contributed by atoms with Gasteiger partial charge in [0, 0.05) is 4.90 Å². The van der Waals surface area contributed by atoms with E-state index in [0.29, 0.717) is 5.75 Å². The van der Waals surface area contributed by atoms with Crippen LogP contribution in [0.3, 0.4) is 0 Å². The lowest BCUT2D eigenvalue weighted by molar-refractivity contribution is -0.115. The zero-order valence-corrected chi connectivity index (χ0v) is 11.1. The largest absolute Gasteiger partial charge is 0.369 e. The summed E-state index contributed by atoms with van der Waals surface area (Å²) in [5.41, 5.74) is 7.77. The highest BCUT2D eigenvalue weighted by molar-refractivity contribution is 8.00. The number of primary amides is 1. The van der Waals surface area contributed by atoms with E-state index >= 15 is 0 Å². The first-order chi connectivity index (χ1) is 7.30. The van der Waals surface area contributed by atoms with Gasteiger partial charge in [0.05, 0.1) is 5.75 Å². The van der Waals surface area contributed by atoms with Crippen molar-refractivity contribution < 1.29 is 4.79 Å². The third-order valence-electron chi connectivity index (χ3n) is 2.42. The second-order valence-electron chi connectivity index (χ2n) is 4.99. The Morgan fingerprint density at radius 2 is 2.00 bits per heavy atom. The quantitative estimate of drug-likeness (QED) is 0.821. The maximum Gasteiger partial charge on any atom is 0.227 e. The Bertz CT molecular complexity index is 393. The zero-order valence-electron chi connectivity index (χ0n) is 10.3. The highest BCUT2D eigenvalue weighted by atomic mass is 32.2. The Morgan fingerprint density at radius 1 is 1.38 bits per heavy atom. The predicted molar refractivity (Wildman–Crippen MR) is 69.8 cm³/mol. The van der Waals surface area contributed by atoms with Gasteiger partial charge in [-0.05, 0) is 29.5 Å². The highest BCUT2D eigenvalue weighted by Gasteiger charge is 2.14. The lowest BCUT2D eigenvalue weighted by Gasteiger charge is -2.20. The van der Waals surface area contributed by atoms with Gasteiger partial charge in [-0.1, -0.05) is 32.9 Å². The topological polar surface area (TPSA) is 43.1 Å². The molecular weight excluding hydrogens is 218 g/mol. The average molecular weight is 237 g/mol. The summed E-state index contributed by atoms with van der Waals surface area (Å²) in [5, 5.41) is 0. The fourth-order valence-corrected chi connectivity index (χ4v) is 2.17. The van der Waals surface area contributed by atoms with Crippen molar-refractivity contribution in [3.05, 3.63) is 29.3 Å². The van der Waals surface area contributed by atoms with Crippen LogP contribution >= 0.6 is 11.8 Å². The van der Waals surface area contributed by atoms with Gasteiger partial charge < -0.3 is 5.73 Å². The molecule has 1 aromatic carbocycles. The van der Waals surface area contributed by atoms with Crippen molar-refractivity contribution >= 4 is 17.7 Å². The number of carbonyl (C=O) groups excluding carboxylic acids is 1. The van der Waals surface area contributed by atoms with E-state index in [0.717, 1.165) is 4.90 Å². The third-order valence-corrected chi connectivity index (χ3v) is 3.60. The Morgan fingerprint density at radius 3 is 2.50 bits per heavy atom. The van der Waals surface area contributed by atoms with Crippen LogP contribution in [-0.4, -0.2) is 11.7 Å². The summed E-state index contributed by atoms with van der Waals surface area (Å²) in [5.74, 6) is 0.0691. The highest BCUT2D eigenvalue weighted by Crippen LogP contribution is 2.29. The molecule has 16 heavy (non-hydrogen) atoms. The smallest absolute Gasteiger partial charge is 0.227 e. The first kappa shape index (κ1) is 13.1. The van der Waals surface area contributed by atoms with Crippen molar-refractivity contribution in [1.82, 2.24) is 0 Å². The van der Waals surface area contributed by atoms with Crippen molar-refractivity contribution in [2.45, 2.75) is 38.0 Å². The van der Waals surface area contributed by atoms with Crippen molar-refractivity contribution in [2.24, 2.45) is 5.73 Å². The Labute approximate surface area is 102 Å². The molecule has 0 heterocycles. The Balaban J connectivity index is 2.95. The SMILES string of the molecule is Cc1ccc(C(C)(C)C)cc1SCC(N)=O. The minimum Gasteiger partial charge on any atom is -0.369 e. The second-order valence-corrected chi connectivity index (χ2v) is 6.00. The van der Waals surface area contributed by atoms with Crippen LogP contribution in [0.5, 0.6) is 0 Å². The molecule has 0 aliphatic carbocycles. The molecule has 0 spiro atoms. The summed E-state index contributed by atoms with van der Waals surface area (Å²) in [6, 6.07) is 6.40. The molecule has 0 aliphatic heterocycles. The maximum absolute atomic E-state index is 10.8. The van der Waals surface area contributed by atoms with Crippen LogP contribution in [-0.2, 0) is 10.2 Å². The van der Waals surface area contributed by atoms with E-state index in [1.807, 2.05) is 0 Å². The monoisotopic (exact) mass is 237 g/mol. The molecule has 0 radical (unpaired) electrons. The van der Waals surface area contributed by atoms with E-state index in [4.69, 9.17) is 5.73 Å². The van der Waals surface area contributed by atoms with Crippen molar-refractivity contribution in [3.8, 4) is 0 Å². The number of nitrogens with two attached hydrogens (primary N) is 1. The molecule has 2 nitrogen and oxygen atoms in total. The van der Waals surface area contributed by atoms with E-state index in [1.54, 1.807) is 0 Å². The number of hydrogen-bond acceptors (Lipinski definition) is 2. The van der Waals surface area contributed by atoms with E-state index in [-0.39, 0.29) is 11.3 Å². The molecule has 1 rings (SSSR count). The van der Waals surface area contributed by atoms with Gasteiger partial charge in [0.15, 0.2) is 0 Å². The summed E-state index contributed by atoms with van der Waals surface area (Å²) < 4.78 is 0. The number of thioether (sulfide) groups is 1. The maximum atomic E-state index is 10.8. The van der Waals surface area contributed by atoms with Crippen molar-refractivity contribution in [1.29, 1.82) is 0 Å². The van der Waals surface area contributed by atoms with Gasteiger partial charge in [0.2, 0.25) is 5.91 Å². The summed E-state index contributed by atoms with van der Waals surface area (Å²) in [7, 11) is 0. The first-order valence-electron chi connectivity index (χ1n) is 5.33. The predicted octanol–water partition coefficient (Wildman–Crippen LogP) is 2.87. The normalized spacial score (nSPS) is 11.5. The van der Waals surface area contributed by atoms with Crippen LogP contribution in [0.2, 0.25) is 0 Å². The molecule has 1 aromatic rings. The molecule has 0 atom stereocenters. The van der Waals surface area contributed by atoms with Gasteiger partial charge in [-0.15, -0.1) is 11.8 Å². The van der Waals surface area contributed by atoms with E-state index in [2.05, 4.69) is 45.9 Å². The minimum absolute atomic E-state index is 0.135. The third kappa shape index (κ3) is 3.56. The zero-order chi connectivity index (χ0) is 12.3. The number of benzene rings is 1. The van der Waals surface area contributed by atoms with Crippen LogP contribution in [0.25, 0.3) is 0 Å². The van der Waals surface area contributed by atoms with Gasteiger partial charge >= 0.3 is 0 Å². The number of aryl methyl sites for hydroxylation is 1. The fraction of sp³-hybridized carbons (Fsp3) is 0.462. The van der Waals surface area contributed by atoms with Gasteiger partial charge in [-0.25, -0.2) is 0 Å². The minimum atomic E-state index is -0.273. The summed E-state index contributed by atoms with van der Waals surface area (Å²) in [4.78, 5) is 11.9. The molecule has 88 valence electrons. The lowest BCUT2D eigenvalue weighted by atomic mass is 9.87. The Kier molecular flexibility index (Phi) is 4.03. The first-order valence-corrected chi connectivity index (χ1v) is 6.31. The molecular formula is C13H19NOS. The molecule has 0 aliphatic rings. The Hall–Kier alpha value is -0.960. The molecule has 1 amide bonds. The van der Waals surface area contributed by atoms with Gasteiger partial charge in [0.1, 0.15) is 0 Å². The van der Waals surface area contributed by atoms with E-state index in [1.165, 1.54) is 22.9 Å². The molecule has 0 aromatic heterocycles. The fourth-order valence-electron chi connectivity index (χ4n) is 1.37. The molecule has 0 bridgehead atoms. The average Bonchev–Trinajstić information content (AvgIpc) is 2.14. The lowest BCUT2D eigenvalue weighted by Crippen LogP contribution is -2.14. The molecule has 2 N–H and O–H groups in total. The summed E-state index contributed by atoms with van der Waals surface area (Å²) >= 11 is 1.51. The van der Waals surface area contributed by atoms with Gasteiger partial charge in [-0.3, -0.25) is 4.79 Å². The van der Waals surface area contributed by atoms with Gasteiger partial charge in [0.25, 0.3) is 0 Å². The molecule has 0 fully saturated rings. The van der Waals surface area contributed by atoms with Crippen LogP contribution in [0.15, 0.2) is 23.1 Å². The van der Waals surface area contributed by atoms with Crippen molar-refractivity contribution in [3.63, 3.8) is 0 Å². The number of carbonyl (C=O) groups is 1. The molecule has 0 unspecified atom stereocenters. The van der Waals surface area contributed by atoms with Crippen molar-refractivity contribution in [2.75, 3.05) is 5.75 Å². The van der Waals surface area contributed by atoms with E-state index < -0.39 is 0 Å². The summed E-state index contributed by atoms with van der Waals surface area (Å²) in [6.45, 7) is 8.59. The van der Waals surface area contributed by atoms with Crippen LogP contribution in [0.4, 0.5) is 0 Å². The number of hydrogen-bond donors (Lipinski definition) is 1. The molecule has 0 saturated carbocycles. The number of rotatable bonds is 3. The second kappa shape index (κ2) is 4.91. The van der Waals surface area contributed by atoms with E-state index in [9.17, 15) is 4.79 Å². The van der Waals surface area contributed by atoms with Gasteiger partial charge in [-0.2, -0.15) is 0 Å². The van der Waals surface area contributed by atoms with Crippen LogP contribution in [0.1, 0.15) is 31.9 Å². The summed E-state index contributed by atoms with van der Waals surface area (Å²) in [6.07, 6.45) is 0. The van der Waals surface area contributed by atoms with Crippen LogP contribution in [0, 0.1) is 6.92 Å². The molecule has 0 saturated heterocycles. The van der Waals surface area contributed by atoms with Crippen LogP contribution < -0.4 is 5.73 Å².